The molecule has 3 nitrogen and oxygen atoms in total. The molecule has 0 saturated heterocycles. The largest absolute Gasteiger partial charge is 0.338 e. The van der Waals surface area contributed by atoms with Gasteiger partial charge in [0.15, 0.2) is 0 Å². The molecule has 0 fully saturated rings. The van der Waals surface area contributed by atoms with Gasteiger partial charge < -0.3 is 9.88 Å². The number of aryl methyl sites for hydroxylation is 3. The van der Waals surface area contributed by atoms with Crippen molar-refractivity contribution in [3.63, 3.8) is 0 Å². The molecule has 21 heavy (non-hydrogen) atoms. The number of hydrogen-bond acceptors (Lipinski definition) is 2. The number of benzene rings is 1. The van der Waals surface area contributed by atoms with Crippen molar-refractivity contribution >= 4 is 0 Å². The number of fused-ring (bicyclic) bond motifs is 1. The van der Waals surface area contributed by atoms with Crippen LogP contribution >= 0.6 is 0 Å². The Balaban J connectivity index is 1.83. The Bertz CT molecular complexity index is 600. The van der Waals surface area contributed by atoms with Crippen molar-refractivity contribution in [3.8, 4) is 0 Å². The second-order valence-electron chi connectivity index (χ2n) is 6.05. The second kappa shape index (κ2) is 6.44. The van der Waals surface area contributed by atoms with Crippen molar-refractivity contribution in [2.75, 3.05) is 6.54 Å². The van der Waals surface area contributed by atoms with Crippen LogP contribution in [-0.4, -0.2) is 16.1 Å². The van der Waals surface area contributed by atoms with Crippen LogP contribution < -0.4 is 5.32 Å². The first-order valence-corrected chi connectivity index (χ1v) is 8.09. The Hall–Kier alpha value is -1.61. The normalized spacial score (nSPS) is 15.1. The minimum absolute atomic E-state index is 0.358. The lowest BCUT2D eigenvalue weighted by Crippen LogP contribution is -2.25. The van der Waals surface area contributed by atoms with E-state index >= 15 is 0 Å². The molecule has 2 aromatic rings. The van der Waals surface area contributed by atoms with Crippen LogP contribution in [0, 0.1) is 0 Å². The van der Waals surface area contributed by atoms with E-state index in [-0.39, 0.29) is 0 Å². The van der Waals surface area contributed by atoms with Gasteiger partial charge in [0, 0.05) is 31.9 Å². The molecule has 112 valence electrons. The lowest BCUT2D eigenvalue weighted by atomic mass is 9.98. The minimum Gasteiger partial charge on any atom is -0.338 e. The van der Waals surface area contributed by atoms with Crippen LogP contribution in [0.5, 0.6) is 0 Å². The zero-order valence-corrected chi connectivity index (χ0v) is 13.1. The van der Waals surface area contributed by atoms with Crippen LogP contribution in [-0.2, 0) is 26.3 Å². The third kappa shape index (κ3) is 3.18. The Kier molecular flexibility index (Phi) is 4.39. The van der Waals surface area contributed by atoms with Crippen molar-refractivity contribution in [1.29, 1.82) is 0 Å². The summed E-state index contributed by atoms with van der Waals surface area (Å²) in [5, 5.41) is 3.69. The van der Waals surface area contributed by atoms with E-state index in [1.807, 2.05) is 12.4 Å². The zero-order chi connectivity index (χ0) is 14.7. The Labute approximate surface area is 127 Å². The fourth-order valence-electron chi connectivity index (χ4n) is 3.21. The molecule has 1 N–H and O–H groups in total. The van der Waals surface area contributed by atoms with Crippen molar-refractivity contribution in [3.05, 3.63) is 53.1 Å². The van der Waals surface area contributed by atoms with Crippen LogP contribution in [0.15, 0.2) is 30.6 Å². The highest BCUT2D eigenvalue weighted by atomic mass is 15.0. The van der Waals surface area contributed by atoms with E-state index in [2.05, 4.69) is 47.0 Å². The van der Waals surface area contributed by atoms with Crippen molar-refractivity contribution < 1.29 is 0 Å². The molecule has 0 saturated carbocycles. The Morgan fingerprint density at radius 1 is 1.29 bits per heavy atom. The van der Waals surface area contributed by atoms with Gasteiger partial charge in [0.05, 0.1) is 0 Å². The maximum atomic E-state index is 4.48. The third-order valence-corrected chi connectivity index (χ3v) is 4.47. The highest BCUT2D eigenvalue weighted by Gasteiger charge is 2.17. The van der Waals surface area contributed by atoms with Crippen LogP contribution in [0.25, 0.3) is 0 Å². The van der Waals surface area contributed by atoms with E-state index < -0.39 is 0 Å². The average Bonchev–Trinajstić information content (AvgIpc) is 3.11. The molecule has 0 amide bonds. The van der Waals surface area contributed by atoms with Gasteiger partial charge in [0.2, 0.25) is 0 Å². The van der Waals surface area contributed by atoms with E-state index in [4.69, 9.17) is 0 Å². The summed E-state index contributed by atoms with van der Waals surface area (Å²) in [5.74, 6) is 1.14. The summed E-state index contributed by atoms with van der Waals surface area (Å²) in [6.07, 6.45) is 9.81. The fourth-order valence-corrected chi connectivity index (χ4v) is 3.21. The van der Waals surface area contributed by atoms with Gasteiger partial charge in [-0.15, -0.1) is 0 Å². The molecule has 1 aliphatic rings. The van der Waals surface area contributed by atoms with Crippen LogP contribution in [0.1, 0.15) is 48.3 Å². The average molecular weight is 283 g/mol. The van der Waals surface area contributed by atoms with Gasteiger partial charge in [-0.1, -0.05) is 25.1 Å². The summed E-state index contributed by atoms with van der Waals surface area (Å²) in [6, 6.07) is 7.41. The maximum Gasteiger partial charge on any atom is 0.110 e. The van der Waals surface area contributed by atoms with Crippen molar-refractivity contribution in [2.24, 2.45) is 7.05 Å². The van der Waals surface area contributed by atoms with Gasteiger partial charge in [0.25, 0.3) is 0 Å². The second-order valence-corrected chi connectivity index (χ2v) is 6.05. The summed E-state index contributed by atoms with van der Waals surface area (Å²) < 4.78 is 2.12. The summed E-state index contributed by atoms with van der Waals surface area (Å²) in [4.78, 5) is 4.48. The van der Waals surface area contributed by atoms with Crippen LogP contribution in [0.4, 0.5) is 0 Å². The van der Waals surface area contributed by atoms with E-state index in [1.165, 1.54) is 24.8 Å². The highest BCUT2D eigenvalue weighted by molar-refractivity contribution is 5.36. The van der Waals surface area contributed by atoms with Gasteiger partial charge in [0.1, 0.15) is 5.82 Å². The van der Waals surface area contributed by atoms with Gasteiger partial charge in [-0.2, -0.15) is 0 Å². The number of nitrogens with zero attached hydrogens (tertiary/aromatic N) is 2. The van der Waals surface area contributed by atoms with E-state index in [0.717, 1.165) is 25.2 Å². The summed E-state index contributed by atoms with van der Waals surface area (Å²) in [5.41, 5.74) is 4.51. The first-order valence-electron chi connectivity index (χ1n) is 8.09. The molecule has 1 atom stereocenters. The first kappa shape index (κ1) is 14.3. The molecule has 0 spiro atoms. The summed E-state index contributed by atoms with van der Waals surface area (Å²) >= 11 is 0. The number of rotatable bonds is 6. The SMILES string of the molecule is CCCNC(Cc1nccn1C)c1ccc2c(c1)CCC2. The number of nitrogens with one attached hydrogen (secondary N) is 1. The molecule has 0 radical (unpaired) electrons. The van der Waals surface area contributed by atoms with Crippen molar-refractivity contribution in [1.82, 2.24) is 14.9 Å². The Morgan fingerprint density at radius 2 is 2.14 bits per heavy atom. The molecule has 1 unspecified atom stereocenters. The van der Waals surface area contributed by atoms with E-state index in [9.17, 15) is 0 Å². The predicted molar refractivity (Wildman–Crippen MR) is 86.4 cm³/mol. The maximum absolute atomic E-state index is 4.48. The lowest BCUT2D eigenvalue weighted by molar-refractivity contribution is 0.511. The zero-order valence-electron chi connectivity index (χ0n) is 13.1. The molecule has 0 aliphatic heterocycles. The highest BCUT2D eigenvalue weighted by Crippen LogP contribution is 2.26. The number of imidazole rings is 1. The van der Waals surface area contributed by atoms with Gasteiger partial charge in [-0.05, 0) is 48.9 Å². The molecule has 1 heterocycles. The van der Waals surface area contributed by atoms with Crippen LogP contribution in [0.3, 0.4) is 0 Å². The van der Waals surface area contributed by atoms with Gasteiger partial charge in [-0.3, -0.25) is 0 Å². The molecular weight excluding hydrogens is 258 g/mol. The third-order valence-electron chi connectivity index (χ3n) is 4.47. The van der Waals surface area contributed by atoms with E-state index in [1.54, 1.807) is 11.1 Å². The summed E-state index contributed by atoms with van der Waals surface area (Å²) in [6.45, 7) is 3.26. The minimum atomic E-state index is 0.358. The van der Waals surface area contributed by atoms with Gasteiger partial charge in [-0.25, -0.2) is 4.98 Å². The van der Waals surface area contributed by atoms with E-state index in [0.29, 0.717) is 6.04 Å². The fraction of sp³-hybridized carbons (Fsp3) is 0.500. The van der Waals surface area contributed by atoms with Crippen molar-refractivity contribution in [2.45, 2.75) is 45.1 Å². The lowest BCUT2D eigenvalue weighted by Gasteiger charge is -2.20. The molecule has 0 bridgehead atoms. The topological polar surface area (TPSA) is 29.9 Å². The first-order chi connectivity index (χ1) is 10.3. The number of hydrogen-bond donors (Lipinski definition) is 1. The predicted octanol–water partition coefficient (Wildman–Crippen LogP) is 3.19. The quantitative estimate of drug-likeness (QED) is 0.882. The molecule has 3 rings (SSSR count). The molecule has 1 aromatic carbocycles. The smallest absolute Gasteiger partial charge is 0.110 e. The number of aromatic nitrogens is 2. The monoisotopic (exact) mass is 283 g/mol. The summed E-state index contributed by atoms with van der Waals surface area (Å²) in [7, 11) is 2.07. The van der Waals surface area contributed by atoms with Gasteiger partial charge >= 0.3 is 0 Å². The molecule has 1 aromatic heterocycles. The Morgan fingerprint density at radius 3 is 2.90 bits per heavy atom. The molecular formula is C18H25N3. The molecule has 1 aliphatic carbocycles. The standard InChI is InChI=1S/C18H25N3/c1-3-9-19-17(13-18-20-10-11-21(18)2)16-8-7-14-5-4-6-15(14)12-16/h7-8,10-12,17,19H,3-6,9,13H2,1-2H3. The van der Waals surface area contributed by atoms with Crippen LogP contribution in [0.2, 0.25) is 0 Å². The molecule has 3 heteroatoms.